The van der Waals surface area contributed by atoms with Gasteiger partial charge < -0.3 is 10.5 Å². The second kappa shape index (κ2) is 3.57. The van der Waals surface area contributed by atoms with E-state index in [1.54, 1.807) is 11.3 Å². The van der Waals surface area contributed by atoms with Crippen molar-refractivity contribution in [3.05, 3.63) is 16.1 Å². The predicted molar refractivity (Wildman–Crippen MR) is 57.5 cm³/mol. The topological polar surface area (TPSA) is 65.2 Å². The lowest BCUT2D eigenvalue weighted by atomic mass is 9.68. The van der Waals surface area contributed by atoms with Gasteiger partial charge in [0.25, 0.3) is 0 Å². The van der Waals surface area contributed by atoms with E-state index in [2.05, 4.69) is 9.72 Å². The van der Waals surface area contributed by atoms with Crippen LogP contribution < -0.4 is 5.73 Å². The quantitative estimate of drug-likeness (QED) is 0.769. The minimum Gasteiger partial charge on any atom is -0.469 e. The maximum absolute atomic E-state index is 11.2. The molecule has 1 heterocycles. The zero-order valence-corrected chi connectivity index (χ0v) is 9.63. The maximum Gasteiger partial charge on any atom is 0.308 e. The van der Waals surface area contributed by atoms with Crippen molar-refractivity contribution in [2.24, 2.45) is 11.7 Å². The molecule has 0 atom stereocenters. The van der Waals surface area contributed by atoms with Crippen molar-refractivity contribution in [1.29, 1.82) is 0 Å². The molecule has 0 bridgehead atoms. The molecule has 15 heavy (non-hydrogen) atoms. The molecule has 1 aliphatic rings. The number of nitrogens with two attached hydrogens (primary N) is 1. The molecule has 1 aromatic rings. The van der Waals surface area contributed by atoms with Crippen molar-refractivity contribution in [2.75, 3.05) is 7.11 Å². The van der Waals surface area contributed by atoms with Crippen molar-refractivity contribution < 1.29 is 9.53 Å². The van der Waals surface area contributed by atoms with Crippen LogP contribution in [0.25, 0.3) is 0 Å². The number of esters is 1. The Morgan fingerprint density at radius 1 is 1.73 bits per heavy atom. The molecule has 1 fully saturated rings. The van der Waals surface area contributed by atoms with Gasteiger partial charge >= 0.3 is 5.97 Å². The molecule has 4 nitrogen and oxygen atoms in total. The Hall–Kier alpha value is -0.940. The van der Waals surface area contributed by atoms with Gasteiger partial charge in [0.2, 0.25) is 0 Å². The number of nitrogens with zero attached hydrogens (tertiary/aromatic N) is 1. The van der Waals surface area contributed by atoms with Crippen molar-refractivity contribution in [3.63, 3.8) is 0 Å². The van der Waals surface area contributed by atoms with Crippen LogP contribution in [-0.2, 0) is 15.1 Å². The number of methoxy groups -OCH3 is 1. The highest BCUT2D eigenvalue weighted by molar-refractivity contribution is 7.11. The predicted octanol–water partition coefficient (Wildman–Crippen LogP) is 1.19. The summed E-state index contributed by atoms with van der Waals surface area (Å²) in [6, 6.07) is 0. The fraction of sp³-hybridized carbons (Fsp3) is 0.600. The molecule has 0 saturated heterocycles. The monoisotopic (exact) mass is 226 g/mol. The lowest BCUT2D eigenvalue weighted by Gasteiger charge is -2.42. The first-order valence-corrected chi connectivity index (χ1v) is 5.66. The normalized spacial score (nSPS) is 29.7. The van der Waals surface area contributed by atoms with E-state index in [9.17, 15) is 4.79 Å². The summed E-state index contributed by atoms with van der Waals surface area (Å²) in [5.74, 6) is -0.195. The van der Waals surface area contributed by atoms with Gasteiger partial charge in [-0.05, 0) is 19.8 Å². The van der Waals surface area contributed by atoms with Gasteiger partial charge in [0, 0.05) is 11.1 Å². The van der Waals surface area contributed by atoms with Crippen LogP contribution in [0.1, 0.15) is 22.7 Å². The zero-order chi connectivity index (χ0) is 11.1. The van der Waals surface area contributed by atoms with E-state index in [0.717, 1.165) is 9.88 Å². The molecule has 0 spiro atoms. The Labute approximate surface area is 92.5 Å². The summed E-state index contributed by atoms with van der Waals surface area (Å²) in [7, 11) is 1.41. The Bertz CT molecular complexity index is 383. The number of aryl methyl sites for hydroxylation is 1. The molecular weight excluding hydrogens is 212 g/mol. The van der Waals surface area contributed by atoms with E-state index < -0.39 is 0 Å². The van der Waals surface area contributed by atoms with Crippen molar-refractivity contribution in [3.8, 4) is 0 Å². The number of carbonyl (C=O) groups excluding carboxylic acids is 1. The highest BCUT2D eigenvalue weighted by Gasteiger charge is 2.47. The fourth-order valence-corrected chi connectivity index (χ4v) is 2.84. The number of hydrogen-bond acceptors (Lipinski definition) is 5. The third-order valence-electron chi connectivity index (χ3n) is 2.87. The van der Waals surface area contributed by atoms with Gasteiger partial charge in [0.05, 0.1) is 23.6 Å². The first-order chi connectivity index (χ1) is 7.05. The first kappa shape index (κ1) is 10.6. The molecule has 1 aliphatic carbocycles. The summed E-state index contributed by atoms with van der Waals surface area (Å²) >= 11 is 1.60. The zero-order valence-electron chi connectivity index (χ0n) is 8.82. The van der Waals surface area contributed by atoms with Gasteiger partial charge in [0.15, 0.2) is 0 Å². The smallest absolute Gasteiger partial charge is 0.308 e. The van der Waals surface area contributed by atoms with Crippen LogP contribution in [0.2, 0.25) is 0 Å². The lowest BCUT2D eigenvalue weighted by Crippen LogP contribution is -2.51. The fourth-order valence-electron chi connectivity index (χ4n) is 1.95. The van der Waals surface area contributed by atoms with E-state index in [4.69, 9.17) is 5.73 Å². The maximum atomic E-state index is 11.2. The summed E-state index contributed by atoms with van der Waals surface area (Å²) in [5, 5.41) is 1.01. The third kappa shape index (κ3) is 1.77. The van der Waals surface area contributed by atoms with Crippen LogP contribution in [0.3, 0.4) is 0 Å². The van der Waals surface area contributed by atoms with E-state index in [0.29, 0.717) is 12.8 Å². The Morgan fingerprint density at radius 3 is 2.87 bits per heavy atom. The summed E-state index contributed by atoms with van der Waals surface area (Å²) in [4.78, 5) is 16.5. The number of hydrogen-bond donors (Lipinski definition) is 1. The number of aromatic nitrogens is 1. The Balaban J connectivity index is 2.05. The molecule has 0 unspecified atom stereocenters. The molecular formula is C10H14N2O2S. The Kier molecular flexibility index (Phi) is 2.52. The van der Waals surface area contributed by atoms with E-state index >= 15 is 0 Å². The third-order valence-corrected chi connectivity index (χ3v) is 4.00. The van der Waals surface area contributed by atoms with Crippen LogP contribution in [-0.4, -0.2) is 18.1 Å². The minimum atomic E-state index is -0.356. The molecule has 0 aliphatic heterocycles. The number of rotatable bonds is 2. The highest BCUT2D eigenvalue weighted by Crippen LogP contribution is 2.45. The average molecular weight is 226 g/mol. The minimum absolute atomic E-state index is 0.0394. The molecule has 1 saturated carbocycles. The van der Waals surface area contributed by atoms with E-state index in [-0.39, 0.29) is 17.4 Å². The lowest BCUT2D eigenvalue weighted by molar-refractivity contribution is -0.151. The molecule has 0 aromatic carbocycles. The summed E-state index contributed by atoms with van der Waals surface area (Å²) in [5.41, 5.74) is 5.83. The van der Waals surface area contributed by atoms with E-state index in [1.807, 2.05) is 13.1 Å². The van der Waals surface area contributed by atoms with Crippen LogP contribution in [0.5, 0.6) is 0 Å². The number of ether oxygens (including phenoxy) is 1. The Morgan fingerprint density at radius 2 is 2.40 bits per heavy atom. The SMILES string of the molecule is COC(=O)C1CC(N)(c2cnc(C)s2)C1. The highest BCUT2D eigenvalue weighted by atomic mass is 32.1. The standard InChI is InChI=1S/C10H14N2O2S/c1-6-12-5-8(15-6)10(11)3-7(4-10)9(13)14-2/h5,7H,3-4,11H2,1-2H3. The van der Waals surface area contributed by atoms with Crippen LogP contribution in [0, 0.1) is 12.8 Å². The number of thiazole rings is 1. The summed E-state index contributed by atoms with van der Waals surface area (Å²) in [6.07, 6.45) is 3.15. The first-order valence-electron chi connectivity index (χ1n) is 4.85. The van der Waals surface area contributed by atoms with Gasteiger partial charge in [-0.2, -0.15) is 0 Å². The molecule has 5 heteroatoms. The van der Waals surface area contributed by atoms with Crippen molar-refractivity contribution >= 4 is 17.3 Å². The average Bonchev–Trinajstić information content (AvgIpc) is 2.59. The van der Waals surface area contributed by atoms with Crippen LogP contribution in [0.15, 0.2) is 6.20 Å². The van der Waals surface area contributed by atoms with Crippen LogP contribution >= 0.6 is 11.3 Å². The van der Waals surface area contributed by atoms with Crippen molar-refractivity contribution in [1.82, 2.24) is 4.98 Å². The van der Waals surface area contributed by atoms with Gasteiger partial charge in [-0.1, -0.05) is 0 Å². The van der Waals surface area contributed by atoms with E-state index in [1.165, 1.54) is 7.11 Å². The molecule has 2 rings (SSSR count). The second-order valence-electron chi connectivity index (χ2n) is 4.03. The summed E-state index contributed by atoms with van der Waals surface area (Å²) in [6.45, 7) is 1.95. The van der Waals surface area contributed by atoms with Gasteiger partial charge in [0.1, 0.15) is 0 Å². The molecule has 0 amide bonds. The number of carbonyl (C=O) groups is 1. The largest absolute Gasteiger partial charge is 0.469 e. The van der Waals surface area contributed by atoms with Gasteiger partial charge in [-0.3, -0.25) is 4.79 Å². The second-order valence-corrected chi connectivity index (χ2v) is 5.26. The molecule has 1 aromatic heterocycles. The van der Waals surface area contributed by atoms with Gasteiger partial charge in [-0.15, -0.1) is 11.3 Å². The van der Waals surface area contributed by atoms with Gasteiger partial charge in [-0.25, -0.2) is 4.98 Å². The summed E-state index contributed by atoms with van der Waals surface area (Å²) < 4.78 is 4.68. The molecule has 0 radical (unpaired) electrons. The van der Waals surface area contributed by atoms with Crippen molar-refractivity contribution in [2.45, 2.75) is 25.3 Å². The van der Waals surface area contributed by atoms with Crippen LogP contribution in [0.4, 0.5) is 0 Å². The molecule has 82 valence electrons. The molecule has 2 N–H and O–H groups in total.